The highest BCUT2D eigenvalue weighted by atomic mass is 16.2. The van der Waals surface area contributed by atoms with E-state index in [4.69, 9.17) is 0 Å². The molecule has 1 saturated carbocycles. The fourth-order valence-corrected chi connectivity index (χ4v) is 1.62. The quantitative estimate of drug-likeness (QED) is 0.840. The van der Waals surface area contributed by atoms with Gasteiger partial charge in [-0.15, -0.1) is 0 Å². The number of hydrogen-bond donors (Lipinski definition) is 2. The molecule has 1 aromatic rings. The Hall–Kier alpha value is -1.84. The Morgan fingerprint density at radius 2 is 1.94 bits per heavy atom. The largest absolute Gasteiger partial charge is 0.326 e. The first-order valence-corrected chi connectivity index (χ1v) is 5.75. The van der Waals surface area contributed by atoms with Crippen LogP contribution in [0, 0.1) is 12.8 Å². The van der Waals surface area contributed by atoms with Gasteiger partial charge in [0.2, 0.25) is 11.8 Å². The average Bonchev–Trinajstić information content (AvgIpc) is 3.05. The molecule has 0 bridgehead atoms. The summed E-state index contributed by atoms with van der Waals surface area (Å²) in [7, 11) is 0. The summed E-state index contributed by atoms with van der Waals surface area (Å²) in [6.45, 7) is 3.39. The molecule has 4 nitrogen and oxygen atoms in total. The Morgan fingerprint density at radius 3 is 2.53 bits per heavy atom. The molecule has 1 fully saturated rings. The second-order valence-corrected chi connectivity index (χ2v) is 4.47. The average molecular weight is 232 g/mol. The maximum absolute atomic E-state index is 11.7. The molecule has 0 heterocycles. The third-order valence-corrected chi connectivity index (χ3v) is 2.76. The van der Waals surface area contributed by atoms with Crippen LogP contribution >= 0.6 is 0 Å². The van der Waals surface area contributed by atoms with Crippen molar-refractivity contribution in [2.75, 3.05) is 10.6 Å². The summed E-state index contributed by atoms with van der Waals surface area (Å²) in [4.78, 5) is 22.6. The predicted octanol–water partition coefficient (Wildman–Crippen LogP) is 2.30. The highest BCUT2D eigenvalue weighted by Gasteiger charge is 2.29. The van der Waals surface area contributed by atoms with Crippen molar-refractivity contribution in [3.63, 3.8) is 0 Å². The lowest BCUT2D eigenvalue weighted by Crippen LogP contribution is -2.14. The molecule has 2 N–H and O–H groups in total. The minimum absolute atomic E-state index is 0.0769. The molecule has 0 radical (unpaired) electrons. The zero-order valence-electron chi connectivity index (χ0n) is 10.0. The number of hydrogen-bond acceptors (Lipinski definition) is 2. The number of amides is 2. The topological polar surface area (TPSA) is 58.2 Å². The summed E-state index contributed by atoms with van der Waals surface area (Å²) in [5.41, 5.74) is 2.47. The lowest BCUT2D eigenvalue weighted by molar-refractivity contribution is -0.117. The highest BCUT2D eigenvalue weighted by Crippen LogP contribution is 2.31. The van der Waals surface area contributed by atoms with Crippen LogP contribution in [-0.2, 0) is 9.59 Å². The maximum atomic E-state index is 11.7. The number of rotatable bonds is 3. The number of nitrogens with one attached hydrogen (secondary N) is 2. The molecule has 0 saturated heterocycles. The zero-order chi connectivity index (χ0) is 12.4. The SMILES string of the molecule is CC(=O)Nc1ccc(C)c(NC(=O)C2CC2)c1. The summed E-state index contributed by atoms with van der Waals surface area (Å²) >= 11 is 0. The van der Waals surface area contributed by atoms with Gasteiger partial charge >= 0.3 is 0 Å². The molecule has 0 aromatic heterocycles. The number of carbonyl (C=O) groups is 2. The Bertz CT molecular complexity index is 464. The van der Waals surface area contributed by atoms with Crippen molar-refractivity contribution >= 4 is 23.2 Å². The second-order valence-electron chi connectivity index (χ2n) is 4.47. The number of benzene rings is 1. The van der Waals surface area contributed by atoms with E-state index in [-0.39, 0.29) is 17.7 Å². The van der Waals surface area contributed by atoms with Crippen molar-refractivity contribution in [1.29, 1.82) is 0 Å². The van der Waals surface area contributed by atoms with Gasteiger partial charge in [-0.25, -0.2) is 0 Å². The monoisotopic (exact) mass is 232 g/mol. The van der Waals surface area contributed by atoms with Crippen LogP contribution in [0.5, 0.6) is 0 Å². The van der Waals surface area contributed by atoms with Gasteiger partial charge in [0.05, 0.1) is 0 Å². The van der Waals surface area contributed by atoms with E-state index in [1.54, 1.807) is 6.07 Å². The third-order valence-electron chi connectivity index (χ3n) is 2.76. The summed E-state index contributed by atoms with van der Waals surface area (Å²) in [5.74, 6) is 0.139. The van der Waals surface area contributed by atoms with Crippen molar-refractivity contribution in [3.05, 3.63) is 23.8 Å². The molecule has 0 unspecified atom stereocenters. The van der Waals surface area contributed by atoms with E-state index >= 15 is 0 Å². The van der Waals surface area contributed by atoms with E-state index in [0.717, 1.165) is 24.1 Å². The molecule has 90 valence electrons. The van der Waals surface area contributed by atoms with E-state index in [1.807, 2.05) is 19.1 Å². The van der Waals surface area contributed by atoms with Gasteiger partial charge in [-0.2, -0.15) is 0 Å². The smallest absolute Gasteiger partial charge is 0.227 e. The highest BCUT2D eigenvalue weighted by molar-refractivity contribution is 5.96. The summed E-state index contributed by atoms with van der Waals surface area (Å²) < 4.78 is 0. The van der Waals surface area contributed by atoms with E-state index in [9.17, 15) is 9.59 Å². The van der Waals surface area contributed by atoms with Gasteiger partial charge < -0.3 is 10.6 Å². The lowest BCUT2D eigenvalue weighted by atomic mass is 10.1. The number of carbonyl (C=O) groups excluding carboxylic acids is 2. The number of aryl methyl sites for hydroxylation is 1. The summed E-state index contributed by atoms with van der Waals surface area (Å²) in [6, 6.07) is 5.49. The first kappa shape index (κ1) is 11.6. The molecule has 1 aliphatic carbocycles. The molecule has 0 spiro atoms. The van der Waals surface area contributed by atoms with E-state index < -0.39 is 0 Å². The van der Waals surface area contributed by atoms with Gasteiger partial charge in [-0.3, -0.25) is 9.59 Å². The van der Waals surface area contributed by atoms with Gasteiger partial charge in [0, 0.05) is 24.2 Å². The fraction of sp³-hybridized carbons (Fsp3) is 0.385. The minimum Gasteiger partial charge on any atom is -0.326 e. The second kappa shape index (κ2) is 4.57. The molecule has 0 aliphatic heterocycles. The molecule has 4 heteroatoms. The van der Waals surface area contributed by atoms with Crippen LogP contribution in [-0.4, -0.2) is 11.8 Å². The van der Waals surface area contributed by atoms with Crippen LogP contribution in [0.2, 0.25) is 0 Å². The lowest BCUT2D eigenvalue weighted by Gasteiger charge is -2.10. The Morgan fingerprint density at radius 1 is 1.24 bits per heavy atom. The van der Waals surface area contributed by atoms with Crippen molar-refractivity contribution < 1.29 is 9.59 Å². The standard InChI is InChI=1S/C13H16N2O2/c1-8-3-6-11(14-9(2)16)7-12(8)15-13(17)10-4-5-10/h3,6-7,10H,4-5H2,1-2H3,(H,14,16)(H,15,17). The van der Waals surface area contributed by atoms with Crippen molar-refractivity contribution in [2.24, 2.45) is 5.92 Å². The molecule has 2 amide bonds. The van der Waals surface area contributed by atoms with Crippen molar-refractivity contribution in [2.45, 2.75) is 26.7 Å². The van der Waals surface area contributed by atoms with Gasteiger partial charge in [0.15, 0.2) is 0 Å². The van der Waals surface area contributed by atoms with Crippen LogP contribution in [0.4, 0.5) is 11.4 Å². The number of anilines is 2. The van der Waals surface area contributed by atoms with Gasteiger partial charge in [-0.1, -0.05) is 6.07 Å². The molecule has 0 atom stereocenters. The van der Waals surface area contributed by atoms with Crippen LogP contribution in [0.1, 0.15) is 25.3 Å². The molecule has 1 aliphatic rings. The van der Waals surface area contributed by atoms with Gasteiger partial charge in [0.1, 0.15) is 0 Å². The first-order chi connectivity index (χ1) is 8.06. The zero-order valence-corrected chi connectivity index (χ0v) is 10.0. The van der Waals surface area contributed by atoms with E-state index in [0.29, 0.717) is 5.69 Å². The van der Waals surface area contributed by atoms with E-state index in [2.05, 4.69) is 10.6 Å². The van der Waals surface area contributed by atoms with Crippen molar-refractivity contribution in [1.82, 2.24) is 0 Å². The third kappa shape index (κ3) is 3.06. The maximum Gasteiger partial charge on any atom is 0.227 e. The minimum atomic E-state index is -0.117. The van der Waals surface area contributed by atoms with E-state index in [1.165, 1.54) is 6.92 Å². The normalized spacial score (nSPS) is 14.2. The van der Waals surface area contributed by atoms with Crippen molar-refractivity contribution in [3.8, 4) is 0 Å². The molecular formula is C13H16N2O2. The van der Waals surface area contributed by atoms with Crippen LogP contribution in [0.3, 0.4) is 0 Å². The Balaban J connectivity index is 2.13. The molecule has 2 rings (SSSR count). The molecule has 1 aromatic carbocycles. The first-order valence-electron chi connectivity index (χ1n) is 5.75. The van der Waals surface area contributed by atoms with Gasteiger partial charge in [0.25, 0.3) is 0 Å². The summed E-state index contributed by atoms with van der Waals surface area (Å²) in [5, 5.41) is 5.60. The Kier molecular flexibility index (Phi) is 3.13. The molecule has 17 heavy (non-hydrogen) atoms. The van der Waals surface area contributed by atoms with Crippen LogP contribution in [0.15, 0.2) is 18.2 Å². The summed E-state index contributed by atoms with van der Waals surface area (Å²) in [6.07, 6.45) is 1.96. The van der Waals surface area contributed by atoms with Crippen LogP contribution in [0.25, 0.3) is 0 Å². The molecular weight excluding hydrogens is 216 g/mol. The Labute approximate surface area is 100 Å². The predicted molar refractivity (Wildman–Crippen MR) is 66.8 cm³/mol. The fourth-order valence-electron chi connectivity index (χ4n) is 1.62. The van der Waals surface area contributed by atoms with Crippen LogP contribution < -0.4 is 10.6 Å². The van der Waals surface area contributed by atoms with Gasteiger partial charge in [-0.05, 0) is 37.5 Å².